The molecule has 2 aromatic rings. The Morgan fingerprint density at radius 2 is 2.17 bits per heavy atom. The minimum atomic E-state index is -0.456. The quantitative estimate of drug-likeness (QED) is 0.832. The second kappa shape index (κ2) is 8.14. The summed E-state index contributed by atoms with van der Waals surface area (Å²) >= 11 is 0. The maximum atomic E-state index is 12.1. The number of carbonyl (C=O) groups is 1. The molecule has 0 aliphatic rings. The third kappa shape index (κ3) is 4.34. The summed E-state index contributed by atoms with van der Waals surface area (Å²) in [7, 11) is 1.57. The van der Waals surface area contributed by atoms with Crippen LogP contribution in [0.3, 0.4) is 0 Å². The van der Waals surface area contributed by atoms with Crippen molar-refractivity contribution in [1.82, 2.24) is 14.9 Å². The summed E-state index contributed by atoms with van der Waals surface area (Å²) in [5, 5.41) is 2.85. The molecule has 0 saturated heterocycles. The van der Waals surface area contributed by atoms with E-state index in [1.54, 1.807) is 13.2 Å². The number of carbonyl (C=O) groups excluding carboxylic acids is 1. The molecule has 0 aliphatic carbocycles. The number of methoxy groups -OCH3 is 1. The number of benzene rings is 1. The Labute approximate surface area is 140 Å². The lowest BCUT2D eigenvalue weighted by Gasteiger charge is -2.17. The van der Waals surface area contributed by atoms with E-state index in [0.717, 1.165) is 5.56 Å². The van der Waals surface area contributed by atoms with Crippen molar-refractivity contribution in [3.05, 3.63) is 52.7 Å². The monoisotopic (exact) mass is 331 g/mol. The summed E-state index contributed by atoms with van der Waals surface area (Å²) in [6.07, 6.45) is 2.92. The number of ether oxygens (including phenoxy) is 2. The molecule has 0 radical (unpaired) electrons. The lowest BCUT2D eigenvalue weighted by molar-refractivity contribution is -0.122. The Hall–Kier alpha value is -2.83. The molecular weight excluding hydrogens is 310 g/mol. The molecule has 0 unspecified atom stereocenters. The molecule has 0 aliphatic heterocycles. The molecule has 0 spiro atoms. The predicted molar refractivity (Wildman–Crippen MR) is 89.2 cm³/mol. The van der Waals surface area contributed by atoms with Gasteiger partial charge in [-0.2, -0.15) is 0 Å². The van der Waals surface area contributed by atoms with Gasteiger partial charge >= 0.3 is 5.69 Å². The molecule has 0 bridgehead atoms. The zero-order valence-electron chi connectivity index (χ0n) is 14.0. The molecule has 1 amide bonds. The summed E-state index contributed by atoms with van der Waals surface area (Å²) in [5.41, 5.74) is 0.422. The molecule has 1 aromatic heterocycles. The highest BCUT2D eigenvalue weighted by molar-refractivity contribution is 5.76. The van der Waals surface area contributed by atoms with Crippen LogP contribution in [0.2, 0.25) is 0 Å². The summed E-state index contributed by atoms with van der Waals surface area (Å²) in [5.74, 6) is 0.994. The fraction of sp³-hybridized carbons (Fsp3) is 0.353. The molecule has 24 heavy (non-hydrogen) atoms. The molecular formula is C17H21N3O4. The van der Waals surface area contributed by atoms with Crippen molar-refractivity contribution < 1.29 is 14.3 Å². The van der Waals surface area contributed by atoms with Crippen LogP contribution in [0.5, 0.6) is 11.5 Å². The van der Waals surface area contributed by atoms with E-state index in [2.05, 4.69) is 10.3 Å². The first-order valence-corrected chi connectivity index (χ1v) is 7.66. The van der Waals surface area contributed by atoms with Crippen LogP contribution in [-0.4, -0.2) is 29.2 Å². The fourth-order valence-electron chi connectivity index (χ4n) is 2.26. The van der Waals surface area contributed by atoms with Gasteiger partial charge in [-0.15, -0.1) is 0 Å². The Kier molecular flexibility index (Phi) is 5.95. The summed E-state index contributed by atoms with van der Waals surface area (Å²) in [6.45, 7) is 4.22. The second-order valence-corrected chi connectivity index (χ2v) is 5.16. The van der Waals surface area contributed by atoms with Gasteiger partial charge < -0.3 is 14.8 Å². The van der Waals surface area contributed by atoms with Crippen molar-refractivity contribution in [2.75, 3.05) is 13.7 Å². The molecule has 0 saturated carbocycles. The van der Waals surface area contributed by atoms with Gasteiger partial charge in [0, 0.05) is 12.4 Å². The number of hydrogen-bond acceptors (Lipinski definition) is 5. The van der Waals surface area contributed by atoms with Crippen molar-refractivity contribution >= 4 is 5.91 Å². The van der Waals surface area contributed by atoms with Crippen LogP contribution in [0, 0.1) is 0 Å². The van der Waals surface area contributed by atoms with Gasteiger partial charge in [0.15, 0.2) is 11.5 Å². The van der Waals surface area contributed by atoms with Gasteiger partial charge in [0.1, 0.15) is 6.54 Å². The first kappa shape index (κ1) is 17.5. The number of nitrogens with one attached hydrogen (secondary N) is 1. The highest BCUT2D eigenvalue weighted by Gasteiger charge is 2.13. The molecule has 1 atom stereocenters. The minimum Gasteiger partial charge on any atom is -0.493 e. The van der Waals surface area contributed by atoms with E-state index in [1.165, 1.54) is 17.0 Å². The first-order valence-electron chi connectivity index (χ1n) is 7.66. The van der Waals surface area contributed by atoms with E-state index in [4.69, 9.17) is 9.47 Å². The average Bonchev–Trinajstić information content (AvgIpc) is 2.57. The van der Waals surface area contributed by atoms with Crippen LogP contribution in [0.25, 0.3) is 0 Å². The summed E-state index contributed by atoms with van der Waals surface area (Å²) < 4.78 is 12.0. The Bertz CT molecular complexity index is 757. The maximum Gasteiger partial charge on any atom is 0.347 e. The van der Waals surface area contributed by atoms with Crippen LogP contribution >= 0.6 is 0 Å². The van der Waals surface area contributed by atoms with Crippen LogP contribution < -0.4 is 20.5 Å². The average molecular weight is 331 g/mol. The van der Waals surface area contributed by atoms with Gasteiger partial charge in [-0.05, 0) is 37.6 Å². The lowest BCUT2D eigenvalue weighted by atomic mass is 10.1. The second-order valence-electron chi connectivity index (χ2n) is 5.16. The van der Waals surface area contributed by atoms with E-state index in [-0.39, 0.29) is 18.5 Å². The van der Waals surface area contributed by atoms with Gasteiger partial charge in [-0.3, -0.25) is 9.36 Å². The van der Waals surface area contributed by atoms with E-state index in [0.29, 0.717) is 18.1 Å². The van der Waals surface area contributed by atoms with Crippen LogP contribution in [-0.2, 0) is 11.3 Å². The summed E-state index contributed by atoms with van der Waals surface area (Å²) in [4.78, 5) is 27.3. The SMILES string of the molecule is CCOc1ccc([C@@H](C)NC(=O)Cn2cccnc2=O)cc1OC. The smallest absolute Gasteiger partial charge is 0.347 e. The first-order chi connectivity index (χ1) is 11.5. The van der Waals surface area contributed by atoms with Crippen molar-refractivity contribution in [2.24, 2.45) is 0 Å². The van der Waals surface area contributed by atoms with Crippen LogP contribution in [0.4, 0.5) is 0 Å². The van der Waals surface area contributed by atoms with Gasteiger partial charge in [-0.25, -0.2) is 9.78 Å². The molecule has 7 nitrogen and oxygen atoms in total. The third-order valence-electron chi connectivity index (χ3n) is 3.46. The summed E-state index contributed by atoms with van der Waals surface area (Å²) in [6, 6.07) is 6.87. The van der Waals surface area contributed by atoms with Crippen molar-refractivity contribution in [3.8, 4) is 11.5 Å². The largest absolute Gasteiger partial charge is 0.493 e. The van der Waals surface area contributed by atoms with E-state index < -0.39 is 5.69 Å². The topological polar surface area (TPSA) is 82.5 Å². The molecule has 1 aromatic carbocycles. The number of rotatable bonds is 7. The zero-order chi connectivity index (χ0) is 17.5. The van der Waals surface area contributed by atoms with Gasteiger partial charge in [-0.1, -0.05) is 6.07 Å². The van der Waals surface area contributed by atoms with E-state index in [1.807, 2.05) is 32.0 Å². The normalized spacial score (nSPS) is 11.6. The number of amides is 1. The van der Waals surface area contributed by atoms with Crippen molar-refractivity contribution in [2.45, 2.75) is 26.4 Å². The van der Waals surface area contributed by atoms with Gasteiger partial charge in [0.2, 0.25) is 5.91 Å². The Balaban J connectivity index is 2.06. The van der Waals surface area contributed by atoms with Crippen molar-refractivity contribution in [3.63, 3.8) is 0 Å². The standard InChI is InChI=1S/C17H21N3O4/c1-4-24-14-7-6-13(10-15(14)23-3)12(2)19-16(21)11-20-9-5-8-18-17(20)22/h5-10,12H,4,11H2,1-3H3,(H,19,21)/t12-/m1/s1. The van der Waals surface area contributed by atoms with Crippen LogP contribution in [0.1, 0.15) is 25.5 Å². The van der Waals surface area contributed by atoms with Crippen LogP contribution in [0.15, 0.2) is 41.5 Å². The number of nitrogens with zero attached hydrogens (tertiary/aromatic N) is 2. The maximum absolute atomic E-state index is 12.1. The highest BCUT2D eigenvalue weighted by atomic mass is 16.5. The molecule has 2 rings (SSSR count). The molecule has 1 N–H and O–H groups in total. The Morgan fingerprint density at radius 3 is 2.83 bits per heavy atom. The molecule has 7 heteroatoms. The van der Waals surface area contributed by atoms with E-state index >= 15 is 0 Å². The third-order valence-corrected chi connectivity index (χ3v) is 3.46. The minimum absolute atomic E-state index is 0.0782. The number of hydrogen-bond donors (Lipinski definition) is 1. The number of aromatic nitrogens is 2. The lowest BCUT2D eigenvalue weighted by Crippen LogP contribution is -2.34. The fourth-order valence-corrected chi connectivity index (χ4v) is 2.26. The highest BCUT2D eigenvalue weighted by Crippen LogP contribution is 2.30. The Morgan fingerprint density at radius 1 is 1.38 bits per heavy atom. The van der Waals surface area contributed by atoms with Gasteiger partial charge in [0.05, 0.1) is 19.8 Å². The van der Waals surface area contributed by atoms with Crippen molar-refractivity contribution in [1.29, 1.82) is 0 Å². The zero-order valence-corrected chi connectivity index (χ0v) is 14.0. The molecule has 128 valence electrons. The van der Waals surface area contributed by atoms with Gasteiger partial charge in [0.25, 0.3) is 0 Å². The molecule has 1 heterocycles. The van der Waals surface area contributed by atoms with E-state index in [9.17, 15) is 9.59 Å². The molecule has 0 fully saturated rings. The predicted octanol–water partition coefficient (Wildman–Crippen LogP) is 1.53.